The molecule has 25 heavy (non-hydrogen) atoms. The van der Waals surface area contributed by atoms with E-state index in [0.29, 0.717) is 10.7 Å². The Morgan fingerprint density at radius 1 is 1.04 bits per heavy atom. The highest BCUT2D eigenvalue weighted by atomic mass is 32.1. The van der Waals surface area contributed by atoms with Gasteiger partial charge in [-0.05, 0) is 57.2 Å². The molecular weight excluding hydrogens is 332 g/mol. The van der Waals surface area contributed by atoms with Crippen LogP contribution in [-0.4, -0.2) is 18.0 Å². The standard InChI is InChI=1S/C20H20N2O2S/c1-12-9-13(2)11-16(10-12)19(23)22-20-21-18(14(3)25-20)15-5-7-17(24-4)8-6-15/h5-11H,1-4H3,(H,21,22,23). The fourth-order valence-electron chi connectivity index (χ4n) is 2.74. The number of rotatable bonds is 4. The summed E-state index contributed by atoms with van der Waals surface area (Å²) in [7, 11) is 1.64. The molecule has 0 bridgehead atoms. The average molecular weight is 352 g/mol. The minimum Gasteiger partial charge on any atom is -0.497 e. The Kier molecular flexibility index (Phi) is 4.86. The third-order valence-corrected chi connectivity index (χ3v) is 4.75. The number of amides is 1. The van der Waals surface area contributed by atoms with Gasteiger partial charge in [-0.3, -0.25) is 10.1 Å². The molecule has 0 saturated carbocycles. The lowest BCUT2D eigenvalue weighted by molar-refractivity contribution is 0.102. The first kappa shape index (κ1) is 17.2. The third kappa shape index (κ3) is 3.88. The van der Waals surface area contributed by atoms with Gasteiger partial charge in [0.2, 0.25) is 0 Å². The average Bonchev–Trinajstić information content (AvgIpc) is 2.94. The monoisotopic (exact) mass is 352 g/mol. The zero-order chi connectivity index (χ0) is 18.0. The molecular formula is C20H20N2O2S. The number of hydrogen-bond donors (Lipinski definition) is 1. The first-order chi connectivity index (χ1) is 12.0. The van der Waals surface area contributed by atoms with Crippen molar-refractivity contribution < 1.29 is 9.53 Å². The number of aryl methyl sites for hydroxylation is 3. The van der Waals surface area contributed by atoms with E-state index in [1.165, 1.54) is 11.3 Å². The van der Waals surface area contributed by atoms with Gasteiger partial charge in [0, 0.05) is 16.0 Å². The normalized spacial score (nSPS) is 10.6. The van der Waals surface area contributed by atoms with Crippen LogP contribution in [0.3, 0.4) is 0 Å². The Labute approximate surface area is 151 Å². The molecule has 3 aromatic rings. The molecule has 3 rings (SSSR count). The molecule has 1 N–H and O–H groups in total. The van der Waals surface area contributed by atoms with Gasteiger partial charge in [0.1, 0.15) is 5.75 Å². The molecule has 0 unspecified atom stereocenters. The van der Waals surface area contributed by atoms with Gasteiger partial charge >= 0.3 is 0 Å². The fourth-order valence-corrected chi connectivity index (χ4v) is 3.57. The molecule has 0 spiro atoms. The summed E-state index contributed by atoms with van der Waals surface area (Å²) in [5.74, 6) is 0.668. The van der Waals surface area contributed by atoms with E-state index >= 15 is 0 Å². The Morgan fingerprint density at radius 3 is 2.28 bits per heavy atom. The second kappa shape index (κ2) is 7.07. The fraction of sp³-hybridized carbons (Fsp3) is 0.200. The molecule has 0 fully saturated rings. The summed E-state index contributed by atoms with van der Waals surface area (Å²) < 4.78 is 5.19. The van der Waals surface area contributed by atoms with E-state index in [1.54, 1.807) is 7.11 Å². The van der Waals surface area contributed by atoms with Crippen molar-refractivity contribution >= 4 is 22.4 Å². The lowest BCUT2D eigenvalue weighted by Crippen LogP contribution is -2.12. The van der Waals surface area contributed by atoms with Crippen LogP contribution in [0.1, 0.15) is 26.4 Å². The van der Waals surface area contributed by atoms with Crippen LogP contribution in [0.5, 0.6) is 5.75 Å². The number of ether oxygens (including phenoxy) is 1. The van der Waals surface area contributed by atoms with E-state index in [1.807, 2.05) is 63.2 Å². The van der Waals surface area contributed by atoms with Gasteiger partial charge in [0.15, 0.2) is 5.13 Å². The van der Waals surface area contributed by atoms with Crippen molar-refractivity contribution in [3.8, 4) is 17.0 Å². The number of nitrogens with zero attached hydrogens (tertiary/aromatic N) is 1. The van der Waals surface area contributed by atoms with Crippen molar-refractivity contribution in [2.75, 3.05) is 12.4 Å². The third-order valence-electron chi connectivity index (χ3n) is 3.86. The van der Waals surface area contributed by atoms with Crippen LogP contribution >= 0.6 is 11.3 Å². The summed E-state index contributed by atoms with van der Waals surface area (Å²) in [5.41, 5.74) is 4.67. The predicted octanol–water partition coefficient (Wildman–Crippen LogP) is 5.00. The Bertz CT molecular complexity index is 894. The number of nitrogens with one attached hydrogen (secondary N) is 1. The number of benzene rings is 2. The minimum absolute atomic E-state index is 0.137. The predicted molar refractivity (Wildman–Crippen MR) is 103 cm³/mol. The van der Waals surface area contributed by atoms with Gasteiger partial charge < -0.3 is 4.74 Å². The van der Waals surface area contributed by atoms with Crippen molar-refractivity contribution in [2.45, 2.75) is 20.8 Å². The molecule has 1 amide bonds. The molecule has 0 saturated heterocycles. The lowest BCUT2D eigenvalue weighted by atomic mass is 10.1. The van der Waals surface area contributed by atoms with Crippen molar-refractivity contribution in [2.24, 2.45) is 0 Å². The number of aromatic nitrogens is 1. The first-order valence-corrected chi connectivity index (χ1v) is 8.79. The SMILES string of the molecule is COc1ccc(-c2nc(NC(=O)c3cc(C)cc(C)c3)sc2C)cc1. The molecule has 2 aromatic carbocycles. The van der Waals surface area contributed by atoms with Gasteiger partial charge in [0.05, 0.1) is 12.8 Å². The van der Waals surface area contributed by atoms with Crippen LogP contribution in [0.25, 0.3) is 11.3 Å². The smallest absolute Gasteiger partial charge is 0.257 e. The lowest BCUT2D eigenvalue weighted by Gasteiger charge is -2.04. The van der Waals surface area contributed by atoms with Crippen molar-refractivity contribution in [3.63, 3.8) is 0 Å². The van der Waals surface area contributed by atoms with Crippen LogP contribution in [-0.2, 0) is 0 Å². The van der Waals surface area contributed by atoms with Gasteiger partial charge in [0.25, 0.3) is 5.91 Å². The molecule has 0 atom stereocenters. The molecule has 4 nitrogen and oxygen atoms in total. The molecule has 0 aliphatic rings. The number of methoxy groups -OCH3 is 1. The van der Waals surface area contributed by atoms with E-state index in [2.05, 4.69) is 10.3 Å². The minimum atomic E-state index is -0.137. The Balaban J connectivity index is 1.83. The summed E-state index contributed by atoms with van der Waals surface area (Å²) >= 11 is 1.48. The Hall–Kier alpha value is -2.66. The van der Waals surface area contributed by atoms with E-state index < -0.39 is 0 Å². The maximum atomic E-state index is 12.5. The number of thiazole rings is 1. The number of carbonyl (C=O) groups is 1. The number of carbonyl (C=O) groups excluding carboxylic acids is 1. The molecule has 1 aromatic heterocycles. The van der Waals surface area contributed by atoms with Gasteiger partial charge in [-0.2, -0.15) is 0 Å². The molecule has 0 radical (unpaired) electrons. The van der Waals surface area contributed by atoms with Gasteiger partial charge in [-0.25, -0.2) is 4.98 Å². The largest absolute Gasteiger partial charge is 0.497 e. The number of anilines is 1. The highest BCUT2D eigenvalue weighted by Crippen LogP contribution is 2.31. The second-order valence-electron chi connectivity index (χ2n) is 5.98. The highest BCUT2D eigenvalue weighted by Gasteiger charge is 2.14. The molecule has 0 aliphatic carbocycles. The maximum absolute atomic E-state index is 12.5. The van der Waals surface area contributed by atoms with E-state index in [9.17, 15) is 4.79 Å². The summed E-state index contributed by atoms with van der Waals surface area (Å²) in [6, 6.07) is 13.6. The summed E-state index contributed by atoms with van der Waals surface area (Å²) in [4.78, 5) is 18.1. The molecule has 1 heterocycles. The summed E-state index contributed by atoms with van der Waals surface area (Å²) in [5, 5.41) is 3.51. The summed E-state index contributed by atoms with van der Waals surface area (Å²) in [6.45, 7) is 5.97. The van der Waals surface area contributed by atoms with Crippen LogP contribution in [0.2, 0.25) is 0 Å². The van der Waals surface area contributed by atoms with Crippen LogP contribution in [0.15, 0.2) is 42.5 Å². The second-order valence-corrected chi connectivity index (χ2v) is 7.19. The zero-order valence-electron chi connectivity index (χ0n) is 14.7. The zero-order valence-corrected chi connectivity index (χ0v) is 15.5. The van der Waals surface area contributed by atoms with Gasteiger partial charge in [-0.15, -0.1) is 11.3 Å². The highest BCUT2D eigenvalue weighted by molar-refractivity contribution is 7.16. The van der Waals surface area contributed by atoms with Crippen LogP contribution in [0, 0.1) is 20.8 Å². The van der Waals surface area contributed by atoms with Crippen molar-refractivity contribution in [1.82, 2.24) is 4.98 Å². The van der Waals surface area contributed by atoms with E-state index in [0.717, 1.165) is 33.0 Å². The maximum Gasteiger partial charge on any atom is 0.257 e. The van der Waals surface area contributed by atoms with Gasteiger partial charge in [-0.1, -0.05) is 17.2 Å². The Morgan fingerprint density at radius 2 is 1.68 bits per heavy atom. The van der Waals surface area contributed by atoms with E-state index in [4.69, 9.17) is 4.74 Å². The molecule has 5 heteroatoms. The quantitative estimate of drug-likeness (QED) is 0.719. The number of hydrogen-bond acceptors (Lipinski definition) is 4. The van der Waals surface area contributed by atoms with Crippen molar-refractivity contribution in [1.29, 1.82) is 0 Å². The first-order valence-electron chi connectivity index (χ1n) is 7.98. The van der Waals surface area contributed by atoms with Crippen LogP contribution < -0.4 is 10.1 Å². The van der Waals surface area contributed by atoms with E-state index in [-0.39, 0.29) is 5.91 Å². The molecule has 128 valence electrons. The molecule has 0 aliphatic heterocycles. The van der Waals surface area contributed by atoms with Crippen molar-refractivity contribution in [3.05, 3.63) is 64.0 Å². The summed E-state index contributed by atoms with van der Waals surface area (Å²) in [6.07, 6.45) is 0. The topological polar surface area (TPSA) is 51.2 Å². The van der Waals surface area contributed by atoms with Crippen LogP contribution in [0.4, 0.5) is 5.13 Å².